The van der Waals surface area contributed by atoms with E-state index >= 15 is 0 Å². The third-order valence-electron chi connectivity index (χ3n) is 2.10. The second-order valence-corrected chi connectivity index (χ2v) is 7.62. The van der Waals surface area contributed by atoms with Gasteiger partial charge in [0, 0.05) is 6.92 Å². The average Bonchev–Trinajstić information content (AvgIpc) is 2.20. The molecule has 0 unspecified atom stereocenters. The molecule has 0 heterocycles. The molecule has 0 aliphatic rings. The van der Waals surface area contributed by atoms with E-state index in [2.05, 4.69) is 4.74 Å². The third-order valence-corrected chi connectivity index (χ3v) is 4.95. The van der Waals surface area contributed by atoms with E-state index in [-0.39, 0.29) is 31.3 Å². The zero-order valence-corrected chi connectivity index (χ0v) is 13.5. The second-order valence-electron chi connectivity index (χ2n) is 4.59. The largest absolute Gasteiger partial charge is 0.463 e. The molecular formula is C10H19Cl2NO5S. The molecule has 6 nitrogen and oxygen atoms in total. The number of nitrogens with zero attached hydrogens (tertiary/aromatic N) is 1. The predicted octanol–water partition coefficient (Wildman–Crippen LogP) is 1.37. The smallest absolute Gasteiger partial charge is 0.302 e. The number of ether oxygens (including phenoxy) is 2. The van der Waals surface area contributed by atoms with Crippen molar-refractivity contribution in [1.82, 2.24) is 3.94 Å². The van der Waals surface area contributed by atoms with E-state index in [1.165, 1.54) is 6.92 Å². The van der Waals surface area contributed by atoms with Gasteiger partial charge in [-0.2, -0.15) is 0 Å². The molecule has 0 aliphatic carbocycles. The Morgan fingerprint density at radius 1 is 1.21 bits per heavy atom. The van der Waals surface area contributed by atoms with Gasteiger partial charge in [-0.05, 0) is 37.4 Å². The Kier molecular flexibility index (Phi) is 8.23. The van der Waals surface area contributed by atoms with Crippen LogP contribution in [0.4, 0.5) is 0 Å². The van der Waals surface area contributed by atoms with Gasteiger partial charge in [-0.15, -0.1) is 3.94 Å². The molecule has 0 aromatic heterocycles. The summed E-state index contributed by atoms with van der Waals surface area (Å²) in [4.78, 5) is 10.5. The van der Waals surface area contributed by atoms with Crippen LogP contribution in [0, 0.1) is 0 Å². The van der Waals surface area contributed by atoms with E-state index in [0.717, 1.165) is 3.94 Å². The Morgan fingerprint density at radius 2 is 1.79 bits per heavy atom. The highest BCUT2D eigenvalue weighted by Crippen LogP contribution is 2.21. The van der Waals surface area contributed by atoms with E-state index < -0.39 is 21.3 Å². The number of hydrogen-bond acceptors (Lipinski definition) is 6. The maximum atomic E-state index is 11.8. The van der Waals surface area contributed by atoms with Gasteiger partial charge >= 0.3 is 5.97 Å². The normalized spacial score (nSPS) is 12.7. The van der Waals surface area contributed by atoms with Gasteiger partial charge in [0.2, 0.25) is 0 Å². The van der Waals surface area contributed by atoms with Crippen molar-refractivity contribution in [3.8, 4) is 0 Å². The van der Waals surface area contributed by atoms with Gasteiger partial charge in [0.05, 0.1) is 30.3 Å². The molecule has 114 valence electrons. The molecule has 0 aromatic carbocycles. The van der Waals surface area contributed by atoms with E-state index in [0.29, 0.717) is 0 Å². The number of rotatable bonds is 9. The quantitative estimate of drug-likeness (QED) is 0.360. The Balaban J connectivity index is 3.96. The summed E-state index contributed by atoms with van der Waals surface area (Å²) in [5, 5.41) is 0. The van der Waals surface area contributed by atoms with Gasteiger partial charge in [0.25, 0.3) is 0 Å². The summed E-state index contributed by atoms with van der Waals surface area (Å²) >= 11 is 11.1. The van der Waals surface area contributed by atoms with Gasteiger partial charge in [0.15, 0.2) is 9.84 Å². The number of carbonyl (C=O) groups is 1. The lowest BCUT2D eigenvalue weighted by atomic mass is 10.1. The van der Waals surface area contributed by atoms with Gasteiger partial charge in [-0.1, -0.05) is 0 Å². The minimum atomic E-state index is -3.33. The molecule has 0 saturated heterocycles. The molecule has 0 spiro atoms. The molecule has 0 atom stereocenters. The number of hydrogen-bond donors (Lipinski definition) is 0. The molecule has 0 N–H and O–H groups in total. The first kappa shape index (κ1) is 18.9. The zero-order chi connectivity index (χ0) is 15.1. The van der Waals surface area contributed by atoms with Crippen molar-refractivity contribution >= 4 is 39.4 Å². The van der Waals surface area contributed by atoms with Crippen LogP contribution in [-0.4, -0.2) is 55.2 Å². The Bertz CT molecular complexity index is 383. The second kappa shape index (κ2) is 8.26. The number of sulfone groups is 1. The van der Waals surface area contributed by atoms with Gasteiger partial charge in [-0.25, -0.2) is 8.42 Å². The monoisotopic (exact) mass is 335 g/mol. The minimum Gasteiger partial charge on any atom is -0.463 e. The zero-order valence-electron chi connectivity index (χ0n) is 11.2. The Hall–Kier alpha value is -0.0800. The van der Waals surface area contributed by atoms with Crippen LogP contribution in [0.2, 0.25) is 0 Å². The fourth-order valence-corrected chi connectivity index (χ4v) is 3.17. The van der Waals surface area contributed by atoms with Crippen LogP contribution in [0.3, 0.4) is 0 Å². The minimum absolute atomic E-state index is 0.0320. The molecule has 0 fully saturated rings. The van der Waals surface area contributed by atoms with Crippen LogP contribution < -0.4 is 0 Å². The van der Waals surface area contributed by atoms with E-state index in [1.54, 1.807) is 13.8 Å². The highest BCUT2D eigenvalue weighted by molar-refractivity contribution is 7.91. The molecule has 0 aromatic rings. The van der Waals surface area contributed by atoms with E-state index in [9.17, 15) is 13.2 Å². The van der Waals surface area contributed by atoms with Crippen LogP contribution in [0.25, 0.3) is 0 Å². The molecule has 0 aliphatic heterocycles. The molecule has 0 rings (SSSR count). The van der Waals surface area contributed by atoms with Gasteiger partial charge in [0.1, 0.15) is 6.61 Å². The summed E-state index contributed by atoms with van der Waals surface area (Å²) in [6.07, 6.45) is 0. The lowest BCUT2D eigenvalue weighted by molar-refractivity contribution is -0.142. The standard InChI is InChI=1S/C10H19Cl2NO5S/c1-9(14)18-5-4-17-6-7-19(15,16)8-10(2,3)13(11)12/h4-8H2,1-3H3. The third kappa shape index (κ3) is 9.45. The van der Waals surface area contributed by atoms with Crippen molar-refractivity contribution in [2.45, 2.75) is 26.3 Å². The van der Waals surface area contributed by atoms with Crippen LogP contribution in [0.15, 0.2) is 0 Å². The summed E-state index contributed by atoms with van der Waals surface area (Å²) in [6, 6.07) is 0. The molecular weight excluding hydrogens is 317 g/mol. The fraction of sp³-hybridized carbons (Fsp3) is 0.900. The van der Waals surface area contributed by atoms with E-state index in [4.69, 9.17) is 28.3 Å². The van der Waals surface area contributed by atoms with Gasteiger partial charge in [-0.3, -0.25) is 4.79 Å². The number of carbonyl (C=O) groups excluding carboxylic acids is 1. The molecule has 19 heavy (non-hydrogen) atoms. The first-order chi connectivity index (χ1) is 8.57. The van der Waals surface area contributed by atoms with Crippen molar-refractivity contribution in [3.63, 3.8) is 0 Å². The summed E-state index contributed by atoms with van der Waals surface area (Å²) in [5.41, 5.74) is -0.875. The highest BCUT2D eigenvalue weighted by Gasteiger charge is 2.30. The first-order valence-corrected chi connectivity index (χ1v) is 8.10. The molecule has 0 bridgehead atoms. The van der Waals surface area contributed by atoms with Crippen LogP contribution >= 0.6 is 23.6 Å². The fourth-order valence-electron chi connectivity index (χ4n) is 1.19. The maximum Gasteiger partial charge on any atom is 0.302 e. The summed E-state index contributed by atoms with van der Waals surface area (Å²) in [6.45, 7) is 4.83. The average molecular weight is 336 g/mol. The summed E-state index contributed by atoms with van der Waals surface area (Å²) in [5.74, 6) is -0.722. The first-order valence-electron chi connectivity index (χ1n) is 5.60. The van der Waals surface area contributed by atoms with Crippen molar-refractivity contribution < 1.29 is 22.7 Å². The number of esters is 1. The summed E-state index contributed by atoms with van der Waals surface area (Å²) < 4.78 is 34.1. The maximum absolute atomic E-state index is 11.8. The Labute approximate surface area is 124 Å². The molecule has 0 saturated carbocycles. The van der Waals surface area contributed by atoms with Crippen molar-refractivity contribution in [2.75, 3.05) is 31.3 Å². The summed E-state index contributed by atoms with van der Waals surface area (Å²) in [7, 11) is -3.33. The van der Waals surface area contributed by atoms with Crippen LogP contribution in [-0.2, 0) is 24.1 Å². The molecule has 9 heteroatoms. The van der Waals surface area contributed by atoms with Crippen molar-refractivity contribution in [1.29, 1.82) is 0 Å². The molecule has 0 amide bonds. The van der Waals surface area contributed by atoms with E-state index in [1.807, 2.05) is 0 Å². The van der Waals surface area contributed by atoms with Gasteiger partial charge < -0.3 is 9.47 Å². The van der Waals surface area contributed by atoms with Crippen molar-refractivity contribution in [3.05, 3.63) is 0 Å². The predicted molar refractivity (Wildman–Crippen MR) is 73.7 cm³/mol. The van der Waals surface area contributed by atoms with Crippen LogP contribution in [0.5, 0.6) is 0 Å². The Morgan fingerprint density at radius 3 is 2.26 bits per heavy atom. The topological polar surface area (TPSA) is 72.9 Å². The highest BCUT2D eigenvalue weighted by atomic mass is 35.5. The lowest BCUT2D eigenvalue weighted by Crippen LogP contribution is -2.40. The SMILES string of the molecule is CC(=O)OCCOCCS(=O)(=O)CC(C)(C)N(Cl)Cl. The van der Waals surface area contributed by atoms with Crippen molar-refractivity contribution in [2.24, 2.45) is 0 Å². The molecule has 0 radical (unpaired) electrons. The lowest BCUT2D eigenvalue weighted by Gasteiger charge is -2.26. The number of halogens is 2. The van der Waals surface area contributed by atoms with Crippen LogP contribution in [0.1, 0.15) is 20.8 Å².